The van der Waals surface area contributed by atoms with Crippen molar-refractivity contribution >= 4 is 28.5 Å². The summed E-state index contributed by atoms with van der Waals surface area (Å²) < 4.78 is 4.70. The Hall–Kier alpha value is -2.86. The van der Waals surface area contributed by atoms with Gasteiger partial charge in [-0.25, -0.2) is 9.78 Å². The van der Waals surface area contributed by atoms with Gasteiger partial charge in [-0.2, -0.15) is 11.3 Å². The molecule has 3 aromatic heterocycles. The van der Waals surface area contributed by atoms with Gasteiger partial charge in [-0.05, 0) is 40.1 Å². The molecule has 0 unspecified atom stereocenters. The van der Waals surface area contributed by atoms with Crippen LogP contribution < -0.4 is 0 Å². The summed E-state index contributed by atoms with van der Waals surface area (Å²) >= 11 is 1.68. The normalized spacial score (nSPS) is 11.0. The number of hydrogen-bond acceptors (Lipinski definition) is 4. The molecule has 0 atom stereocenters. The minimum Gasteiger partial charge on any atom is -0.464 e. The van der Waals surface area contributed by atoms with Crippen molar-refractivity contribution in [3.8, 4) is 22.5 Å². The van der Waals surface area contributed by atoms with Gasteiger partial charge in [0, 0.05) is 5.56 Å². The first kappa shape index (κ1) is 13.8. The van der Waals surface area contributed by atoms with Crippen molar-refractivity contribution in [2.24, 2.45) is 0 Å². The number of methoxy groups -OCH3 is 1. The summed E-state index contributed by atoms with van der Waals surface area (Å²) in [6.07, 6.45) is 0. The molecule has 4 rings (SSSR count). The first-order valence-corrected chi connectivity index (χ1v) is 7.99. The lowest BCUT2D eigenvalue weighted by molar-refractivity contribution is 0.0595. The highest BCUT2D eigenvalue weighted by Crippen LogP contribution is 2.27. The Bertz CT molecular complexity index is 951. The Labute approximate surface area is 136 Å². The minimum atomic E-state index is -0.405. The number of aromatic nitrogens is 3. The zero-order valence-corrected chi connectivity index (χ0v) is 13.1. The molecule has 0 aliphatic carbocycles. The van der Waals surface area contributed by atoms with Gasteiger partial charge in [0.15, 0.2) is 5.65 Å². The molecule has 114 valence electrons. The van der Waals surface area contributed by atoms with E-state index in [2.05, 4.69) is 43.9 Å². The number of rotatable bonds is 3. The highest BCUT2D eigenvalue weighted by Gasteiger charge is 2.13. The van der Waals surface area contributed by atoms with Gasteiger partial charge in [0.25, 0.3) is 0 Å². The van der Waals surface area contributed by atoms with E-state index < -0.39 is 5.97 Å². The molecule has 6 heteroatoms. The van der Waals surface area contributed by atoms with Crippen LogP contribution >= 0.6 is 11.3 Å². The van der Waals surface area contributed by atoms with Crippen molar-refractivity contribution in [2.45, 2.75) is 0 Å². The van der Waals surface area contributed by atoms with Crippen LogP contribution in [-0.4, -0.2) is 28.0 Å². The zero-order valence-electron chi connectivity index (χ0n) is 12.3. The van der Waals surface area contributed by atoms with Gasteiger partial charge in [0.1, 0.15) is 11.5 Å². The second-order valence-corrected chi connectivity index (χ2v) is 5.90. The Morgan fingerprint density at radius 3 is 2.74 bits per heavy atom. The van der Waals surface area contributed by atoms with Crippen molar-refractivity contribution in [1.82, 2.24) is 15.0 Å². The molecule has 4 aromatic rings. The summed E-state index contributed by atoms with van der Waals surface area (Å²) in [5, 5.41) is 4.18. The van der Waals surface area contributed by atoms with Gasteiger partial charge in [-0.1, -0.05) is 18.2 Å². The predicted molar refractivity (Wildman–Crippen MR) is 90.5 cm³/mol. The van der Waals surface area contributed by atoms with Crippen molar-refractivity contribution < 1.29 is 9.53 Å². The summed E-state index contributed by atoms with van der Waals surface area (Å²) in [5.74, 6) is 0.358. The lowest BCUT2D eigenvalue weighted by Crippen LogP contribution is -2.00. The maximum Gasteiger partial charge on any atom is 0.354 e. The molecular weight excluding hydrogens is 310 g/mol. The monoisotopic (exact) mass is 323 g/mol. The second-order valence-electron chi connectivity index (χ2n) is 5.12. The summed E-state index contributed by atoms with van der Waals surface area (Å²) in [6, 6.07) is 12.0. The fraction of sp³-hybridized carbons (Fsp3) is 0.0588. The molecule has 2 N–H and O–H groups in total. The molecule has 0 aliphatic heterocycles. The Morgan fingerprint density at radius 1 is 1.13 bits per heavy atom. The zero-order chi connectivity index (χ0) is 15.8. The number of carbonyl (C=O) groups is 1. The van der Waals surface area contributed by atoms with Crippen LogP contribution in [0, 0.1) is 0 Å². The smallest absolute Gasteiger partial charge is 0.354 e. The first-order chi connectivity index (χ1) is 11.2. The molecule has 23 heavy (non-hydrogen) atoms. The standard InChI is InChI=1S/C17H13N3O2S/c1-22-17(21)14-8-13-16(19-14)20-15(18-13)11-4-2-3-10(7-11)12-5-6-23-9-12/h2-9,19H,1H3,(H,18,20). The molecule has 0 fully saturated rings. The largest absolute Gasteiger partial charge is 0.464 e. The van der Waals surface area contributed by atoms with Gasteiger partial charge in [-0.15, -0.1) is 0 Å². The van der Waals surface area contributed by atoms with E-state index in [0.717, 1.165) is 22.5 Å². The maximum atomic E-state index is 11.5. The van der Waals surface area contributed by atoms with Crippen LogP contribution in [0.15, 0.2) is 47.2 Å². The van der Waals surface area contributed by atoms with Crippen LogP contribution in [0.2, 0.25) is 0 Å². The molecule has 0 bridgehead atoms. The number of aromatic amines is 2. The van der Waals surface area contributed by atoms with E-state index in [0.29, 0.717) is 11.3 Å². The average Bonchev–Trinajstić information content (AvgIpc) is 3.29. The first-order valence-electron chi connectivity index (χ1n) is 7.04. The molecule has 3 heterocycles. The van der Waals surface area contributed by atoms with Gasteiger partial charge in [0.05, 0.1) is 12.6 Å². The van der Waals surface area contributed by atoms with Crippen LogP contribution in [0.1, 0.15) is 10.5 Å². The number of benzene rings is 1. The number of imidazole rings is 1. The predicted octanol–water partition coefficient (Wildman–Crippen LogP) is 4.07. The number of esters is 1. The maximum absolute atomic E-state index is 11.5. The van der Waals surface area contributed by atoms with E-state index in [9.17, 15) is 4.79 Å². The fourth-order valence-electron chi connectivity index (χ4n) is 2.53. The number of fused-ring (bicyclic) bond motifs is 1. The molecule has 0 saturated heterocycles. The van der Waals surface area contributed by atoms with E-state index in [1.807, 2.05) is 12.1 Å². The second kappa shape index (κ2) is 5.40. The highest BCUT2D eigenvalue weighted by atomic mass is 32.1. The van der Waals surface area contributed by atoms with Crippen molar-refractivity contribution in [2.75, 3.05) is 7.11 Å². The Morgan fingerprint density at radius 2 is 2.00 bits per heavy atom. The summed E-state index contributed by atoms with van der Waals surface area (Å²) in [5.41, 5.74) is 5.15. The third-order valence-electron chi connectivity index (χ3n) is 3.67. The average molecular weight is 323 g/mol. The minimum absolute atomic E-state index is 0.389. The van der Waals surface area contributed by atoms with Crippen molar-refractivity contribution in [3.05, 3.63) is 52.9 Å². The number of H-pyrrole nitrogens is 2. The SMILES string of the molecule is COC(=O)c1cc2[nH]c(-c3cccc(-c4ccsc4)c3)nc2[nH]1. The molecule has 0 amide bonds. The molecule has 0 radical (unpaired) electrons. The van der Waals surface area contributed by atoms with E-state index in [4.69, 9.17) is 4.74 Å². The molecule has 0 spiro atoms. The van der Waals surface area contributed by atoms with Gasteiger partial charge in [0.2, 0.25) is 0 Å². The van der Waals surface area contributed by atoms with E-state index in [-0.39, 0.29) is 0 Å². The molecule has 1 aromatic carbocycles. The summed E-state index contributed by atoms with van der Waals surface area (Å²) in [7, 11) is 1.35. The van der Waals surface area contributed by atoms with Crippen LogP contribution in [0.5, 0.6) is 0 Å². The number of thiophene rings is 1. The van der Waals surface area contributed by atoms with Crippen LogP contribution in [0.4, 0.5) is 0 Å². The highest BCUT2D eigenvalue weighted by molar-refractivity contribution is 7.08. The summed E-state index contributed by atoms with van der Waals surface area (Å²) in [4.78, 5) is 22.2. The number of hydrogen-bond donors (Lipinski definition) is 2. The van der Waals surface area contributed by atoms with Crippen molar-refractivity contribution in [1.29, 1.82) is 0 Å². The third kappa shape index (κ3) is 2.43. The molecule has 0 aliphatic rings. The van der Waals surface area contributed by atoms with Crippen LogP contribution in [0.3, 0.4) is 0 Å². The number of nitrogens with zero attached hydrogens (tertiary/aromatic N) is 1. The van der Waals surface area contributed by atoms with Crippen molar-refractivity contribution in [3.63, 3.8) is 0 Å². The number of nitrogens with one attached hydrogen (secondary N) is 2. The van der Waals surface area contributed by atoms with Gasteiger partial charge in [-0.3, -0.25) is 0 Å². The van der Waals surface area contributed by atoms with Crippen LogP contribution in [-0.2, 0) is 4.74 Å². The molecule has 5 nitrogen and oxygen atoms in total. The Kier molecular flexibility index (Phi) is 3.24. The lowest BCUT2D eigenvalue weighted by Gasteiger charge is -2.01. The quantitative estimate of drug-likeness (QED) is 0.558. The van der Waals surface area contributed by atoms with Crippen LogP contribution in [0.25, 0.3) is 33.7 Å². The molecular formula is C17H13N3O2S. The third-order valence-corrected chi connectivity index (χ3v) is 4.35. The van der Waals surface area contributed by atoms with E-state index in [1.165, 1.54) is 12.7 Å². The topological polar surface area (TPSA) is 70.8 Å². The fourth-order valence-corrected chi connectivity index (χ4v) is 3.19. The molecule has 0 saturated carbocycles. The van der Waals surface area contributed by atoms with E-state index >= 15 is 0 Å². The van der Waals surface area contributed by atoms with E-state index in [1.54, 1.807) is 17.4 Å². The number of ether oxygens (including phenoxy) is 1. The lowest BCUT2D eigenvalue weighted by atomic mass is 10.1. The van der Waals surface area contributed by atoms with Gasteiger partial charge >= 0.3 is 5.97 Å². The Balaban J connectivity index is 1.73. The number of carbonyl (C=O) groups excluding carboxylic acids is 1. The summed E-state index contributed by atoms with van der Waals surface area (Å²) in [6.45, 7) is 0. The van der Waals surface area contributed by atoms with Gasteiger partial charge < -0.3 is 14.7 Å².